The number of likely N-dealkylation sites (tertiary alicyclic amines) is 1. The summed E-state index contributed by atoms with van der Waals surface area (Å²) >= 11 is 0. The van der Waals surface area contributed by atoms with E-state index in [0.29, 0.717) is 30.1 Å². The molecule has 6 nitrogen and oxygen atoms in total. The number of carbonyl (C=O) groups is 1. The Morgan fingerprint density at radius 2 is 1.72 bits per heavy atom. The van der Waals surface area contributed by atoms with Gasteiger partial charge in [0.2, 0.25) is 11.7 Å². The van der Waals surface area contributed by atoms with Crippen LogP contribution in [0.3, 0.4) is 0 Å². The first-order chi connectivity index (χ1) is 14.1. The van der Waals surface area contributed by atoms with E-state index in [1.54, 1.807) is 21.3 Å². The third kappa shape index (κ3) is 5.64. The highest BCUT2D eigenvalue weighted by molar-refractivity contribution is 5.76. The van der Waals surface area contributed by atoms with E-state index < -0.39 is 0 Å². The Kier molecular flexibility index (Phi) is 7.36. The zero-order valence-corrected chi connectivity index (χ0v) is 17.4. The van der Waals surface area contributed by atoms with E-state index >= 15 is 0 Å². The summed E-state index contributed by atoms with van der Waals surface area (Å²) in [6, 6.07) is 14.4. The van der Waals surface area contributed by atoms with Gasteiger partial charge in [-0.15, -0.1) is 0 Å². The third-order valence-corrected chi connectivity index (χ3v) is 5.25. The molecule has 0 radical (unpaired) electrons. The molecule has 1 atom stereocenters. The van der Waals surface area contributed by atoms with E-state index in [1.165, 1.54) is 5.56 Å². The molecule has 1 saturated heterocycles. The first-order valence-corrected chi connectivity index (χ1v) is 9.97. The molecule has 3 rings (SSSR count). The molecule has 2 aromatic carbocycles. The van der Waals surface area contributed by atoms with Gasteiger partial charge in [0.15, 0.2) is 11.5 Å². The zero-order valence-electron chi connectivity index (χ0n) is 17.4. The quantitative estimate of drug-likeness (QED) is 0.704. The summed E-state index contributed by atoms with van der Waals surface area (Å²) in [7, 11) is 4.76. The maximum absolute atomic E-state index is 12.5. The van der Waals surface area contributed by atoms with Gasteiger partial charge in [-0.25, -0.2) is 0 Å². The van der Waals surface area contributed by atoms with Crippen LogP contribution in [0.2, 0.25) is 0 Å². The summed E-state index contributed by atoms with van der Waals surface area (Å²) in [6.07, 6.45) is 2.03. The molecule has 1 fully saturated rings. The van der Waals surface area contributed by atoms with Crippen LogP contribution >= 0.6 is 0 Å². The molecule has 2 aromatic rings. The van der Waals surface area contributed by atoms with Gasteiger partial charge in [0.25, 0.3) is 0 Å². The van der Waals surface area contributed by atoms with Gasteiger partial charge in [0.1, 0.15) is 0 Å². The van der Waals surface area contributed by atoms with E-state index in [2.05, 4.69) is 34.5 Å². The number of ether oxygens (including phenoxy) is 3. The number of hydrogen-bond acceptors (Lipinski definition) is 5. The SMILES string of the molecule is COc1cc(CCC(=O)N[C@@H]2CCN(Cc3ccccc3)C2)cc(OC)c1OC. The molecule has 1 amide bonds. The van der Waals surface area contributed by atoms with Crippen LogP contribution in [-0.4, -0.2) is 51.3 Å². The van der Waals surface area contributed by atoms with Crippen molar-refractivity contribution in [3.05, 3.63) is 53.6 Å². The van der Waals surface area contributed by atoms with Crippen LogP contribution < -0.4 is 19.5 Å². The van der Waals surface area contributed by atoms with Crippen molar-refractivity contribution in [2.45, 2.75) is 31.8 Å². The van der Waals surface area contributed by atoms with Gasteiger partial charge in [0, 0.05) is 32.1 Å². The lowest BCUT2D eigenvalue weighted by Gasteiger charge is -2.17. The summed E-state index contributed by atoms with van der Waals surface area (Å²) in [5.74, 6) is 1.85. The Morgan fingerprint density at radius 3 is 2.34 bits per heavy atom. The average Bonchev–Trinajstić information content (AvgIpc) is 3.18. The van der Waals surface area contributed by atoms with Gasteiger partial charge in [-0.3, -0.25) is 9.69 Å². The number of nitrogens with one attached hydrogen (secondary N) is 1. The molecule has 0 bridgehead atoms. The molecular weight excluding hydrogens is 368 g/mol. The van der Waals surface area contributed by atoms with Gasteiger partial charge in [-0.1, -0.05) is 30.3 Å². The number of methoxy groups -OCH3 is 3. The van der Waals surface area contributed by atoms with E-state index in [9.17, 15) is 4.79 Å². The lowest BCUT2D eigenvalue weighted by atomic mass is 10.1. The summed E-state index contributed by atoms with van der Waals surface area (Å²) in [5.41, 5.74) is 2.29. The van der Waals surface area contributed by atoms with Crippen LogP contribution in [0.4, 0.5) is 0 Å². The summed E-state index contributed by atoms with van der Waals surface area (Å²) < 4.78 is 16.1. The van der Waals surface area contributed by atoms with Crippen molar-refractivity contribution in [2.75, 3.05) is 34.4 Å². The lowest BCUT2D eigenvalue weighted by molar-refractivity contribution is -0.121. The van der Waals surface area contributed by atoms with Crippen LogP contribution in [0.1, 0.15) is 24.0 Å². The molecule has 0 aromatic heterocycles. The minimum absolute atomic E-state index is 0.0744. The van der Waals surface area contributed by atoms with Crippen molar-refractivity contribution >= 4 is 5.91 Å². The monoisotopic (exact) mass is 398 g/mol. The zero-order chi connectivity index (χ0) is 20.6. The second-order valence-electron chi connectivity index (χ2n) is 7.31. The van der Waals surface area contributed by atoms with E-state index in [-0.39, 0.29) is 11.9 Å². The fourth-order valence-electron chi connectivity index (χ4n) is 3.77. The van der Waals surface area contributed by atoms with Crippen LogP contribution in [-0.2, 0) is 17.8 Å². The Hall–Kier alpha value is -2.73. The fraction of sp³-hybridized carbons (Fsp3) is 0.435. The number of carbonyl (C=O) groups excluding carboxylic acids is 1. The standard InChI is InChI=1S/C23H30N2O4/c1-27-20-13-18(14-21(28-2)23(20)29-3)9-10-22(26)24-19-11-12-25(16-19)15-17-7-5-4-6-8-17/h4-8,13-14,19H,9-12,15-16H2,1-3H3,(H,24,26)/t19-/m1/s1. The molecule has 6 heteroatoms. The third-order valence-electron chi connectivity index (χ3n) is 5.25. The van der Waals surface area contributed by atoms with Crippen LogP contribution in [0.25, 0.3) is 0 Å². The smallest absolute Gasteiger partial charge is 0.220 e. The first-order valence-electron chi connectivity index (χ1n) is 9.97. The molecule has 0 spiro atoms. The molecule has 1 aliphatic heterocycles. The maximum atomic E-state index is 12.5. The second kappa shape index (κ2) is 10.2. The lowest BCUT2D eigenvalue weighted by Crippen LogP contribution is -2.37. The fourth-order valence-corrected chi connectivity index (χ4v) is 3.77. The highest BCUT2D eigenvalue weighted by Gasteiger charge is 2.23. The van der Waals surface area contributed by atoms with E-state index in [4.69, 9.17) is 14.2 Å². The maximum Gasteiger partial charge on any atom is 0.220 e. The van der Waals surface area contributed by atoms with E-state index in [0.717, 1.165) is 31.6 Å². The van der Waals surface area contributed by atoms with E-state index in [1.807, 2.05) is 18.2 Å². The molecule has 29 heavy (non-hydrogen) atoms. The Labute approximate surface area is 172 Å². The molecule has 156 valence electrons. The molecule has 1 heterocycles. The van der Waals surface area contributed by atoms with Crippen molar-refractivity contribution < 1.29 is 19.0 Å². The molecule has 1 aliphatic rings. The summed E-state index contributed by atoms with van der Waals surface area (Å²) in [5, 5.41) is 3.18. The molecule has 1 N–H and O–H groups in total. The van der Waals surface area contributed by atoms with Gasteiger partial charge in [0.05, 0.1) is 21.3 Å². The summed E-state index contributed by atoms with van der Waals surface area (Å²) in [4.78, 5) is 14.8. The number of aryl methyl sites for hydroxylation is 1. The molecule has 0 saturated carbocycles. The van der Waals surface area contributed by atoms with Crippen molar-refractivity contribution in [2.24, 2.45) is 0 Å². The Balaban J connectivity index is 1.49. The minimum Gasteiger partial charge on any atom is -0.493 e. The van der Waals surface area contributed by atoms with Gasteiger partial charge >= 0.3 is 0 Å². The normalized spacial score (nSPS) is 16.4. The summed E-state index contributed by atoms with van der Waals surface area (Å²) in [6.45, 7) is 2.83. The first kappa shape index (κ1) is 21.0. The topological polar surface area (TPSA) is 60.0 Å². The van der Waals surface area contributed by atoms with Crippen molar-refractivity contribution in [3.63, 3.8) is 0 Å². The average molecular weight is 399 g/mol. The number of hydrogen-bond donors (Lipinski definition) is 1. The second-order valence-corrected chi connectivity index (χ2v) is 7.31. The van der Waals surface area contributed by atoms with Crippen molar-refractivity contribution in [3.8, 4) is 17.2 Å². The Bertz CT molecular complexity index is 785. The van der Waals surface area contributed by atoms with Crippen molar-refractivity contribution in [1.82, 2.24) is 10.2 Å². The highest BCUT2D eigenvalue weighted by Crippen LogP contribution is 2.38. The largest absolute Gasteiger partial charge is 0.493 e. The van der Waals surface area contributed by atoms with Gasteiger partial charge < -0.3 is 19.5 Å². The van der Waals surface area contributed by atoms with Crippen molar-refractivity contribution in [1.29, 1.82) is 0 Å². The predicted molar refractivity (Wildman–Crippen MR) is 113 cm³/mol. The predicted octanol–water partition coefficient (Wildman–Crippen LogP) is 3.04. The molecular formula is C23H30N2O4. The van der Waals surface area contributed by atoms with Crippen LogP contribution in [0.15, 0.2) is 42.5 Å². The number of benzene rings is 2. The molecule has 0 aliphatic carbocycles. The molecule has 0 unspecified atom stereocenters. The number of nitrogens with zero attached hydrogens (tertiary/aromatic N) is 1. The van der Waals surface area contributed by atoms with Crippen LogP contribution in [0.5, 0.6) is 17.2 Å². The van der Waals surface area contributed by atoms with Gasteiger partial charge in [-0.05, 0) is 36.1 Å². The highest BCUT2D eigenvalue weighted by atomic mass is 16.5. The minimum atomic E-state index is 0.0744. The number of rotatable bonds is 9. The van der Waals surface area contributed by atoms with Gasteiger partial charge in [-0.2, -0.15) is 0 Å². The number of amides is 1. The van der Waals surface area contributed by atoms with Crippen LogP contribution in [0, 0.1) is 0 Å². The Morgan fingerprint density at radius 1 is 1.03 bits per heavy atom.